The summed E-state index contributed by atoms with van der Waals surface area (Å²) in [6.07, 6.45) is 7.32. The lowest BCUT2D eigenvalue weighted by Gasteiger charge is -2.47. The molecule has 3 aliphatic heterocycles. The molecule has 4 heteroatoms. The van der Waals surface area contributed by atoms with Crippen LogP contribution in [0.1, 0.15) is 19.3 Å². The summed E-state index contributed by atoms with van der Waals surface area (Å²) in [4.78, 5) is 17.1. The molecule has 2 bridgehead atoms. The van der Waals surface area contributed by atoms with Gasteiger partial charge in [0.15, 0.2) is 0 Å². The van der Waals surface area contributed by atoms with E-state index < -0.39 is 0 Å². The standard InChI is InChI=1S/C14H23N3O/c18-14(12-4-2-1-3-5-12)15-10-13-11-16-6-8-17(13)9-7-16/h1-2,12-13H,3-11H2,(H,15,18). The predicted molar refractivity (Wildman–Crippen MR) is 71.3 cm³/mol. The van der Waals surface area contributed by atoms with Gasteiger partial charge >= 0.3 is 0 Å². The van der Waals surface area contributed by atoms with Gasteiger partial charge in [0.05, 0.1) is 0 Å². The number of hydrogen-bond donors (Lipinski definition) is 1. The molecule has 1 N–H and O–H groups in total. The van der Waals surface area contributed by atoms with Gasteiger partial charge in [-0.15, -0.1) is 0 Å². The van der Waals surface area contributed by atoms with Crippen molar-refractivity contribution in [2.45, 2.75) is 25.3 Å². The summed E-state index contributed by atoms with van der Waals surface area (Å²) in [5, 5.41) is 3.17. The average molecular weight is 249 g/mol. The largest absolute Gasteiger partial charge is 0.354 e. The van der Waals surface area contributed by atoms with Crippen molar-refractivity contribution >= 4 is 5.91 Å². The van der Waals surface area contributed by atoms with Gasteiger partial charge in [0.25, 0.3) is 0 Å². The second-order valence-electron chi connectivity index (χ2n) is 5.72. The lowest BCUT2D eigenvalue weighted by Crippen LogP contribution is -2.63. The highest BCUT2D eigenvalue weighted by Gasteiger charge is 2.32. The Morgan fingerprint density at radius 2 is 2.06 bits per heavy atom. The molecule has 0 saturated carbocycles. The van der Waals surface area contributed by atoms with Crippen molar-refractivity contribution < 1.29 is 4.79 Å². The highest BCUT2D eigenvalue weighted by Crippen LogP contribution is 2.19. The van der Waals surface area contributed by atoms with Crippen LogP contribution in [-0.4, -0.2) is 61.0 Å². The Balaban J connectivity index is 1.46. The summed E-state index contributed by atoms with van der Waals surface area (Å²) in [5.74, 6) is 0.475. The Hall–Kier alpha value is -0.870. The van der Waals surface area contributed by atoms with E-state index in [1.807, 2.05) is 0 Å². The first-order valence-corrected chi connectivity index (χ1v) is 7.22. The number of allylic oxidation sites excluding steroid dienone is 2. The maximum absolute atomic E-state index is 12.1. The van der Waals surface area contributed by atoms with Gasteiger partial charge in [-0.25, -0.2) is 0 Å². The maximum Gasteiger partial charge on any atom is 0.223 e. The molecule has 0 aromatic heterocycles. The van der Waals surface area contributed by atoms with E-state index in [4.69, 9.17) is 0 Å². The fourth-order valence-corrected chi connectivity index (χ4v) is 3.31. The number of carbonyl (C=O) groups is 1. The minimum Gasteiger partial charge on any atom is -0.354 e. The molecule has 100 valence electrons. The molecule has 4 nitrogen and oxygen atoms in total. The zero-order valence-electron chi connectivity index (χ0n) is 11.0. The van der Waals surface area contributed by atoms with Crippen LogP contribution in [0.15, 0.2) is 12.2 Å². The first kappa shape index (κ1) is 12.2. The van der Waals surface area contributed by atoms with Crippen LogP contribution in [0.25, 0.3) is 0 Å². The van der Waals surface area contributed by atoms with Gasteiger partial charge < -0.3 is 5.32 Å². The Morgan fingerprint density at radius 3 is 2.67 bits per heavy atom. The average Bonchev–Trinajstić information content (AvgIpc) is 2.47. The molecule has 18 heavy (non-hydrogen) atoms. The van der Waals surface area contributed by atoms with Crippen LogP contribution in [0.3, 0.4) is 0 Å². The van der Waals surface area contributed by atoms with Crippen LogP contribution < -0.4 is 5.32 Å². The summed E-state index contributed by atoms with van der Waals surface area (Å²) >= 11 is 0. The maximum atomic E-state index is 12.1. The smallest absolute Gasteiger partial charge is 0.223 e. The highest BCUT2D eigenvalue weighted by atomic mass is 16.1. The zero-order chi connectivity index (χ0) is 12.4. The molecule has 0 radical (unpaired) electrons. The zero-order valence-corrected chi connectivity index (χ0v) is 11.0. The van der Waals surface area contributed by atoms with E-state index >= 15 is 0 Å². The third-order valence-electron chi connectivity index (χ3n) is 4.54. The van der Waals surface area contributed by atoms with Crippen LogP contribution in [0, 0.1) is 5.92 Å². The van der Waals surface area contributed by atoms with E-state index in [9.17, 15) is 4.79 Å². The second kappa shape index (κ2) is 5.41. The summed E-state index contributed by atoms with van der Waals surface area (Å²) < 4.78 is 0. The van der Waals surface area contributed by atoms with Crippen LogP contribution in [0.2, 0.25) is 0 Å². The molecule has 3 saturated heterocycles. The summed E-state index contributed by atoms with van der Waals surface area (Å²) in [6, 6.07) is 0.538. The van der Waals surface area contributed by atoms with Gasteiger partial charge in [-0.2, -0.15) is 0 Å². The monoisotopic (exact) mass is 249 g/mol. The molecule has 3 heterocycles. The Morgan fingerprint density at radius 1 is 1.22 bits per heavy atom. The predicted octanol–water partition coefficient (Wildman–Crippen LogP) is 0.459. The molecule has 0 aromatic carbocycles. The minimum absolute atomic E-state index is 0.214. The Bertz CT molecular complexity index is 334. The first-order chi connectivity index (χ1) is 8.83. The molecule has 1 amide bonds. The number of rotatable bonds is 3. The highest BCUT2D eigenvalue weighted by molar-refractivity contribution is 5.79. The van der Waals surface area contributed by atoms with E-state index in [0.717, 1.165) is 32.4 Å². The van der Waals surface area contributed by atoms with E-state index in [1.54, 1.807) is 0 Å². The number of nitrogens with one attached hydrogen (secondary N) is 1. The fraction of sp³-hybridized carbons (Fsp3) is 0.786. The molecule has 0 spiro atoms. The molecule has 4 rings (SSSR count). The van der Waals surface area contributed by atoms with Crippen molar-refractivity contribution in [3.8, 4) is 0 Å². The Labute approximate surface area is 109 Å². The third kappa shape index (κ3) is 2.59. The van der Waals surface area contributed by atoms with E-state index in [-0.39, 0.29) is 11.8 Å². The topological polar surface area (TPSA) is 35.6 Å². The number of piperazine rings is 3. The van der Waals surface area contributed by atoms with Crippen LogP contribution in [-0.2, 0) is 4.79 Å². The fourth-order valence-electron chi connectivity index (χ4n) is 3.31. The summed E-state index contributed by atoms with van der Waals surface area (Å²) in [6.45, 7) is 6.72. The Kier molecular flexibility index (Phi) is 3.66. The summed E-state index contributed by atoms with van der Waals surface area (Å²) in [5.41, 5.74) is 0. The summed E-state index contributed by atoms with van der Waals surface area (Å²) in [7, 11) is 0. The number of hydrogen-bond acceptors (Lipinski definition) is 3. The van der Waals surface area contributed by atoms with E-state index in [2.05, 4.69) is 27.3 Å². The molecular weight excluding hydrogens is 226 g/mol. The van der Waals surface area contributed by atoms with Crippen molar-refractivity contribution in [2.24, 2.45) is 5.92 Å². The molecule has 3 fully saturated rings. The molecule has 2 atom stereocenters. The molecular formula is C14H23N3O. The normalized spacial score (nSPS) is 38.7. The third-order valence-corrected chi connectivity index (χ3v) is 4.54. The van der Waals surface area contributed by atoms with Gasteiger partial charge in [-0.3, -0.25) is 14.6 Å². The van der Waals surface area contributed by atoms with Gasteiger partial charge in [-0.05, 0) is 19.3 Å². The molecule has 4 aliphatic rings. The van der Waals surface area contributed by atoms with Crippen molar-refractivity contribution in [1.29, 1.82) is 0 Å². The van der Waals surface area contributed by atoms with E-state index in [0.29, 0.717) is 6.04 Å². The van der Waals surface area contributed by atoms with Crippen LogP contribution in [0.5, 0.6) is 0 Å². The molecule has 2 unspecified atom stereocenters. The number of carbonyl (C=O) groups excluding carboxylic acids is 1. The minimum atomic E-state index is 0.214. The van der Waals surface area contributed by atoms with Crippen molar-refractivity contribution in [3.63, 3.8) is 0 Å². The number of fused-ring (bicyclic) bond motifs is 3. The van der Waals surface area contributed by atoms with Gasteiger partial charge in [-0.1, -0.05) is 12.2 Å². The second-order valence-corrected chi connectivity index (χ2v) is 5.72. The lowest BCUT2D eigenvalue weighted by molar-refractivity contribution is -0.125. The van der Waals surface area contributed by atoms with Crippen molar-refractivity contribution in [2.75, 3.05) is 39.3 Å². The van der Waals surface area contributed by atoms with Crippen molar-refractivity contribution in [3.05, 3.63) is 12.2 Å². The lowest BCUT2D eigenvalue weighted by atomic mass is 9.93. The van der Waals surface area contributed by atoms with Gasteiger partial charge in [0.1, 0.15) is 0 Å². The first-order valence-electron chi connectivity index (χ1n) is 7.22. The molecule has 1 aliphatic carbocycles. The van der Waals surface area contributed by atoms with Gasteiger partial charge in [0.2, 0.25) is 5.91 Å². The number of nitrogens with zero attached hydrogens (tertiary/aromatic N) is 2. The van der Waals surface area contributed by atoms with E-state index in [1.165, 1.54) is 26.2 Å². The molecule has 0 aromatic rings. The quantitative estimate of drug-likeness (QED) is 0.738. The van der Waals surface area contributed by atoms with Gasteiger partial charge in [0, 0.05) is 51.2 Å². The number of amides is 1. The van der Waals surface area contributed by atoms with Crippen molar-refractivity contribution in [1.82, 2.24) is 15.1 Å². The van der Waals surface area contributed by atoms with Crippen LogP contribution in [0.4, 0.5) is 0 Å². The van der Waals surface area contributed by atoms with Crippen LogP contribution >= 0.6 is 0 Å². The SMILES string of the molecule is O=C(NCC1CN2CCN1CC2)C1CC=CCC1.